The third-order valence-corrected chi connectivity index (χ3v) is 6.98. The van der Waals surface area contributed by atoms with Crippen molar-refractivity contribution < 1.29 is 19.4 Å². The normalized spacial score (nSPS) is 16.6. The monoisotopic (exact) mass is 554 g/mol. The Morgan fingerprint density at radius 2 is 2.08 bits per heavy atom. The van der Waals surface area contributed by atoms with Crippen LogP contribution in [0.25, 0.3) is 11.0 Å². The summed E-state index contributed by atoms with van der Waals surface area (Å²) in [6.07, 6.45) is 7.51. The van der Waals surface area contributed by atoms with Gasteiger partial charge in [0.25, 0.3) is 0 Å². The Morgan fingerprint density at radius 3 is 2.77 bits per heavy atom. The first-order chi connectivity index (χ1) is 19.1. The molecule has 4 N–H and O–H groups in total. The Bertz CT molecular complexity index is 1300. The third-order valence-electron chi connectivity index (χ3n) is 6.98. The largest absolute Gasteiger partial charge is 0.495 e. The molecule has 3 aromatic rings. The molecule has 4 heterocycles. The Labute approximate surface area is 235 Å². The zero-order chi connectivity index (χ0) is 28.9. The molecule has 12 heteroatoms. The van der Waals surface area contributed by atoms with Crippen LogP contribution in [0.15, 0.2) is 18.5 Å². The number of piperidine rings is 1. The number of likely N-dealkylation sites (tertiary alicyclic amines) is 1. The van der Waals surface area contributed by atoms with Gasteiger partial charge in [-0.2, -0.15) is 10.1 Å². The van der Waals surface area contributed by atoms with Crippen LogP contribution in [0.2, 0.25) is 0 Å². The van der Waals surface area contributed by atoms with Crippen LogP contribution in [0.3, 0.4) is 0 Å². The van der Waals surface area contributed by atoms with Crippen molar-refractivity contribution in [3.05, 3.63) is 29.7 Å². The fraction of sp³-hybridized carbons (Fsp3) is 0.607. The van der Waals surface area contributed by atoms with Gasteiger partial charge in [-0.1, -0.05) is 13.3 Å². The summed E-state index contributed by atoms with van der Waals surface area (Å²) in [5.41, 5.74) is 8.51. The van der Waals surface area contributed by atoms with E-state index < -0.39 is 5.60 Å². The lowest BCUT2D eigenvalue weighted by Gasteiger charge is -2.34. The number of hydrogen-bond acceptors (Lipinski definition) is 10. The summed E-state index contributed by atoms with van der Waals surface area (Å²) < 4.78 is 13.1. The topological polar surface area (TPSA) is 154 Å². The van der Waals surface area contributed by atoms with Crippen LogP contribution in [0.5, 0.6) is 5.75 Å². The molecular formula is C28H42N8O4. The quantitative estimate of drug-likeness (QED) is 0.336. The summed E-state index contributed by atoms with van der Waals surface area (Å²) in [7, 11) is 1.63. The SMILES string of the molecule is CCCC(CCO)Nc1nc(N)nc2cnn(Cc3ncc(C4CCCN(C(=O)OC(C)(C)C)C4)cc3OC)c12. The number of nitrogen functional groups attached to an aromatic ring is 1. The van der Waals surface area contributed by atoms with Crippen LogP contribution in [-0.2, 0) is 11.3 Å². The lowest BCUT2D eigenvalue weighted by atomic mass is 9.91. The highest BCUT2D eigenvalue weighted by Gasteiger charge is 2.29. The highest BCUT2D eigenvalue weighted by atomic mass is 16.6. The molecule has 40 heavy (non-hydrogen) atoms. The van der Waals surface area contributed by atoms with Crippen molar-refractivity contribution in [2.45, 2.75) is 83.9 Å². The maximum absolute atomic E-state index is 12.7. The van der Waals surface area contributed by atoms with Crippen LogP contribution < -0.4 is 15.8 Å². The van der Waals surface area contributed by atoms with Gasteiger partial charge < -0.3 is 30.5 Å². The number of aliphatic hydroxyl groups excluding tert-OH is 1. The molecule has 0 spiro atoms. The zero-order valence-electron chi connectivity index (χ0n) is 24.2. The second-order valence-electron chi connectivity index (χ2n) is 11.3. The Hall–Kier alpha value is -3.67. The van der Waals surface area contributed by atoms with Gasteiger partial charge in [0.05, 0.1) is 19.9 Å². The van der Waals surface area contributed by atoms with Gasteiger partial charge in [-0.15, -0.1) is 0 Å². The number of rotatable bonds is 10. The molecule has 12 nitrogen and oxygen atoms in total. The van der Waals surface area contributed by atoms with Gasteiger partial charge >= 0.3 is 6.09 Å². The second-order valence-corrected chi connectivity index (χ2v) is 11.3. The second kappa shape index (κ2) is 12.7. The fourth-order valence-corrected chi connectivity index (χ4v) is 5.11. The van der Waals surface area contributed by atoms with Gasteiger partial charge in [-0.05, 0) is 58.1 Å². The van der Waals surface area contributed by atoms with Gasteiger partial charge in [-0.25, -0.2) is 9.78 Å². The lowest BCUT2D eigenvalue weighted by molar-refractivity contribution is 0.0198. The summed E-state index contributed by atoms with van der Waals surface area (Å²) in [6, 6.07) is 2.04. The van der Waals surface area contributed by atoms with E-state index in [1.165, 1.54) is 0 Å². The average Bonchev–Trinajstić information content (AvgIpc) is 3.30. The van der Waals surface area contributed by atoms with Gasteiger partial charge in [0.1, 0.15) is 28.1 Å². The number of carbonyl (C=O) groups excluding carboxylic acids is 1. The van der Waals surface area contributed by atoms with Gasteiger partial charge in [0.2, 0.25) is 5.95 Å². The number of fused-ring (bicyclic) bond motifs is 1. The van der Waals surface area contributed by atoms with E-state index in [0.29, 0.717) is 54.3 Å². The van der Waals surface area contributed by atoms with E-state index in [0.717, 1.165) is 31.2 Å². The first kappa shape index (κ1) is 29.3. The van der Waals surface area contributed by atoms with E-state index in [-0.39, 0.29) is 30.6 Å². The van der Waals surface area contributed by atoms with Crippen molar-refractivity contribution in [1.82, 2.24) is 29.6 Å². The molecule has 0 saturated carbocycles. The molecule has 1 fully saturated rings. The number of nitrogens with one attached hydrogen (secondary N) is 1. The number of methoxy groups -OCH3 is 1. The van der Waals surface area contributed by atoms with Gasteiger partial charge in [0, 0.05) is 37.9 Å². The van der Waals surface area contributed by atoms with E-state index >= 15 is 0 Å². The number of aromatic nitrogens is 5. The molecule has 0 aliphatic carbocycles. The summed E-state index contributed by atoms with van der Waals surface area (Å²) in [6.45, 7) is 9.39. The Morgan fingerprint density at radius 1 is 1.27 bits per heavy atom. The maximum Gasteiger partial charge on any atom is 0.410 e. The van der Waals surface area contributed by atoms with E-state index in [9.17, 15) is 9.90 Å². The predicted octanol–water partition coefficient (Wildman–Crippen LogP) is 3.94. The molecule has 218 valence electrons. The standard InChI is InChI=1S/C28H42N8O4/c1-6-8-20(10-12-37)32-25-24-21(33-26(29)34-25)15-31-36(24)17-22-23(39-5)13-19(14-30-22)18-9-7-11-35(16-18)27(38)40-28(2,3)4/h13-15,18,20,37H,6-12,16-17H2,1-5H3,(H3,29,32,33,34). The predicted molar refractivity (Wildman–Crippen MR) is 153 cm³/mol. The molecule has 2 unspecified atom stereocenters. The first-order valence-electron chi connectivity index (χ1n) is 14.0. The van der Waals surface area contributed by atoms with Crippen molar-refractivity contribution in [2.75, 3.05) is 37.9 Å². The molecule has 1 amide bonds. The molecule has 3 aromatic heterocycles. The number of nitrogens with zero attached hydrogens (tertiary/aromatic N) is 6. The third kappa shape index (κ3) is 7.09. The van der Waals surface area contributed by atoms with Crippen LogP contribution in [0.4, 0.5) is 16.6 Å². The van der Waals surface area contributed by atoms with E-state index in [1.807, 2.05) is 33.0 Å². The molecule has 1 aliphatic rings. The van der Waals surface area contributed by atoms with Crippen LogP contribution >= 0.6 is 0 Å². The molecule has 1 saturated heterocycles. The summed E-state index contributed by atoms with van der Waals surface area (Å²) in [4.78, 5) is 28.0. The molecule has 0 aromatic carbocycles. The molecule has 0 radical (unpaired) electrons. The number of amides is 1. The van der Waals surface area contributed by atoms with Crippen LogP contribution in [0.1, 0.15) is 77.0 Å². The van der Waals surface area contributed by atoms with Crippen molar-refractivity contribution in [2.24, 2.45) is 0 Å². The Kier molecular flexibility index (Phi) is 9.28. The van der Waals surface area contributed by atoms with Gasteiger partial charge in [-0.3, -0.25) is 9.67 Å². The van der Waals surface area contributed by atoms with Gasteiger partial charge in [0.15, 0.2) is 5.82 Å². The molecule has 1 aliphatic heterocycles. The number of nitrogens with two attached hydrogens (primary N) is 1. The Balaban J connectivity index is 1.57. The summed E-state index contributed by atoms with van der Waals surface area (Å²) >= 11 is 0. The van der Waals surface area contributed by atoms with Crippen molar-refractivity contribution >= 4 is 28.9 Å². The number of anilines is 2. The summed E-state index contributed by atoms with van der Waals surface area (Å²) in [5, 5.41) is 17.5. The molecule has 4 rings (SSSR count). The van der Waals surface area contributed by atoms with Crippen molar-refractivity contribution in [3.8, 4) is 5.75 Å². The van der Waals surface area contributed by atoms with Crippen LogP contribution in [-0.4, -0.2) is 79.3 Å². The smallest absolute Gasteiger partial charge is 0.410 e. The highest BCUT2D eigenvalue weighted by Crippen LogP contribution is 2.32. The summed E-state index contributed by atoms with van der Waals surface area (Å²) in [5.74, 6) is 1.51. The number of aliphatic hydroxyl groups is 1. The minimum absolute atomic E-state index is 0.0403. The minimum atomic E-state index is -0.533. The lowest BCUT2D eigenvalue weighted by Crippen LogP contribution is -2.42. The maximum atomic E-state index is 12.7. The molecule has 0 bridgehead atoms. The molecular weight excluding hydrogens is 512 g/mol. The van der Waals surface area contributed by atoms with Crippen molar-refractivity contribution in [3.63, 3.8) is 0 Å². The number of pyridine rings is 1. The zero-order valence-corrected chi connectivity index (χ0v) is 24.2. The van der Waals surface area contributed by atoms with E-state index in [2.05, 4.69) is 27.3 Å². The fourth-order valence-electron chi connectivity index (χ4n) is 5.11. The van der Waals surface area contributed by atoms with Crippen LogP contribution in [0, 0.1) is 0 Å². The van der Waals surface area contributed by atoms with E-state index in [4.69, 9.17) is 20.2 Å². The molecule has 2 atom stereocenters. The number of hydrogen-bond donors (Lipinski definition) is 3. The average molecular weight is 555 g/mol. The van der Waals surface area contributed by atoms with E-state index in [1.54, 1.807) is 22.9 Å². The first-order valence-corrected chi connectivity index (χ1v) is 14.0. The highest BCUT2D eigenvalue weighted by molar-refractivity contribution is 5.86. The number of carbonyl (C=O) groups is 1. The number of ether oxygens (including phenoxy) is 2. The minimum Gasteiger partial charge on any atom is -0.495 e. The van der Waals surface area contributed by atoms with Crippen molar-refractivity contribution in [1.29, 1.82) is 0 Å².